The molecule has 1 saturated heterocycles. The number of hydrogen-bond donors (Lipinski definition) is 5. The molecule has 6 unspecified atom stereocenters. The van der Waals surface area contributed by atoms with Gasteiger partial charge >= 0.3 is 0 Å². The molecule has 0 bridgehead atoms. The average molecular weight is 601 g/mol. The molecule has 11 heteroatoms. The first-order chi connectivity index (χ1) is 19.2. The Morgan fingerprint density at radius 2 is 0.786 bits per heavy atom. The summed E-state index contributed by atoms with van der Waals surface area (Å²) >= 11 is 0. The van der Waals surface area contributed by atoms with Crippen LogP contribution in [0.1, 0.15) is 101 Å². The molecular formula is C31H52O11. The van der Waals surface area contributed by atoms with Crippen molar-refractivity contribution in [3.05, 3.63) is 0 Å². The Morgan fingerprint density at radius 3 is 1.12 bits per heavy atom. The fourth-order valence-electron chi connectivity index (χ4n) is 5.69. The van der Waals surface area contributed by atoms with E-state index in [2.05, 4.69) is 0 Å². The number of ketones is 5. The number of carbonyl (C=O) groups excluding carboxylic acids is 5. The van der Waals surface area contributed by atoms with Gasteiger partial charge in [-0.2, -0.15) is 0 Å². The van der Waals surface area contributed by atoms with Gasteiger partial charge in [0.15, 0.2) is 34.5 Å². The van der Waals surface area contributed by atoms with Crippen LogP contribution in [0.2, 0.25) is 0 Å². The molecule has 42 heavy (non-hydrogen) atoms. The molecule has 1 heterocycles. The van der Waals surface area contributed by atoms with Crippen LogP contribution in [0.25, 0.3) is 0 Å². The van der Waals surface area contributed by atoms with E-state index < -0.39 is 93.3 Å². The van der Waals surface area contributed by atoms with Crippen molar-refractivity contribution < 1.29 is 54.2 Å². The molecule has 1 aliphatic rings. The topological polar surface area (TPSA) is 196 Å². The minimum Gasteiger partial charge on any atom is -0.393 e. The SMILES string of the molecule is CCC(C)C(=O)C1(O)O[C@@](CO)(C(=O)C(C)CC)[C@](O)(C(=O)C(C)CC)[C@@](O)(C(=O)C(C)CC)[C@]1(O)C(=O)C(C)CC. The van der Waals surface area contributed by atoms with Crippen molar-refractivity contribution >= 4 is 28.9 Å². The van der Waals surface area contributed by atoms with E-state index in [0.29, 0.717) is 0 Å². The number of aliphatic hydroxyl groups excluding tert-OH is 1. The molecule has 0 aliphatic carbocycles. The molecule has 1 fully saturated rings. The van der Waals surface area contributed by atoms with Gasteiger partial charge in [-0.3, -0.25) is 24.0 Å². The average Bonchev–Trinajstić information content (AvgIpc) is 3.00. The molecule has 0 amide bonds. The second-order valence-electron chi connectivity index (χ2n) is 12.2. The lowest BCUT2D eigenvalue weighted by Crippen LogP contribution is -2.96. The quantitative estimate of drug-likeness (QED) is 0.173. The zero-order valence-corrected chi connectivity index (χ0v) is 26.8. The number of carbonyl (C=O) groups is 5. The van der Waals surface area contributed by atoms with Gasteiger partial charge in [0, 0.05) is 29.6 Å². The van der Waals surface area contributed by atoms with Gasteiger partial charge in [-0.25, -0.2) is 0 Å². The Kier molecular flexibility index (Phi) is 12.2. The van der Waals surface area contributed by atoms with Crippen LogP contribution in [-0.4, -0.2) is 89.2 Å². The summed E-state index contributed by atoms with van der Waals surface area (Å²) in [4.78, 5) is 71.1. The lowest BCUT2D eigenvalue weighted by atomic mass is 9.49. The Morgan fingerprint density at radius 1 is 0.500 bits per heavy atom. The van der Waals surface area contributed by atoms with Crippen LogP contribution < -0.4 is 0 Å². The van der Waals surface area contributed by atoms with Gasteiger partial charge in [-0.1, -0.05) is 69.2 Å². The fourth-order valence-corrected chi connectivity index (χ4v) is 5.69. The number of rotatable bonds is 16. The predicted octanol–water partition coefficient (Wildman–Crippen LogP) is 1.71. The third kappa shape index (κ3) is 4.94. The molecule has 11 nitrogen and oxygen atoms in total. The molecule has 0 aromatic heterocycles. The fraction of sp³-hybridized carbons (Fsp3) is 0.839. The monoisotopic (exact) mass is 600 g/mol. The number of Topliss-reactive ketones (excluding diaryl/α,β-unsaturated/α-hetero) is 5. The smallest absolute Gasteiger partial charge is 0.268 e. The van der Waals surface area contributed by atoms with E-state index in [-0.39, 0.29) is 32.1 Å². The predicted molar refractivity (Wildman–Crippen MR) is 153 cm³/mol. The van der Waals surface area contributed by atoms with Crippen LogP contribution in [-0.2, 0) is 28.7 Å². The Hall–Kier alpha value is -1.89. The zero-order valence-electron chi connectivity index (χ0n) is 26.8. The van der Waals surface area contributed by atoms with Crippen LogP contribution in [0.4, 0.5) is 0 Å². The van der Waals surface area contributed by atoms with Crippen molar-refractivity contribution in [3.8, 4) is 0 Å². The minimum absolute atomic E-state index is 0.00157. The van der Waals surface area contributed by atoms with Gasteiger partial charge in [0.1, 0.15) is 0 Å². The molecule has 0 spiro atoms. The summed E-state index contributed by atoms with van der Waals surface area (Å²) in [5.41, 5.74) is -15.2. The molecule has 0 saturated carbocycles. The normalized spacial score (nSPS) is 35.0. The van der Waals surface area contributed by atoms with Crippen LogP contribution in [0.3, 0.4) is 0 Å². The lowest BCUT2D eigenvalue weighted by molar-refractivity contribution is -0.413. The highest BCUT2D eigenvalue weighted by Crippen LogP contribution is 2.58. The lowest BCUT2D eigenvalue weighted by Gasteiger charge is -2.65. The largest absolute Gasteiger partial charge is 0.393 e. The molecular weight excluding hydrogens is 548 g/mol. The number of aliphatic hydroxyl groups is 5. The van der Waals surface area contributed by atoms with Crippen molar-refractivity contribution in [2.75, 3.05) is 6.61 Å². The van der Waals surface area contributed by atoms with Crippen molar-refractivity contribution in [1.29, 1.82) is 0 Å². The number of ether oxygens (including phenoxy) is 1. The second kappa shape index (κ2) is 13.4. The minimum atomic E-state index is -4.03. The highest BCUT2D eigenvalue weighted by molar-refractivity contribution is 6.15. The molecule has 0 aromatic rings. The van der Waals surface area contributed by atoms with Gasteiger partial charge in [0.25, 0.3) is 5.79 Å². The van der Waals surface area contributed by atoms with E-state index in [0.717, 1.165) is 0 Å². The molecule has 10 atom stereocenters. The van der Waals surface area contributed by atoms with Crippen LogP contribution >= 0.6 is 0 Å². The van der Waals surface area contributed by atoms with Gasteiger partial charge in [0.2, 0.25) is 16.8 Å². The van der Waals surface area contributed by atoms with E-state index in [1.165, 1.54) is 48.5 Å². The van der Waals surface area contributed by atoms with Crippen LogP contribution in [0, 0.1) is 29.6 Å². The third-order valence-electron chi connectivity index (χ3n) is 9.77. The maximum absolute atomic E-state index is 14.4. The molecule has 1 aliphatic heterocycles. The Bertz CT molecular complexity index is 1060. The summed E-state index contributed by atoms with van der Waals surface area (Å²) in [7, 11) is 0. The van der Waals surface area contributed by atoms with Gasteiger partial charge in [0.05, 0.1) is 6.61 Å². The molecule has 5 N–H and O–H groups in total. The van der Waals surface area contributed by atoms with Gasteiger partial charge in [-0.05, 0) is 32.1 Å². The van der Waals surface area contributed by atoms with Crippen molar-refractivity contribution in [1.82, 2.24) is 0 Å². The van der Waals surface area contributed by atoms with Crippen molar-refractivity contribution in [3.63, 3.8) is 0 Å². The van der Waals surface area contributed by atoms with Crippen molar-refractivity contribution in [2.24, 2.45) is 29.6 Å². The van der Waals surface area contributed by atoms with E-state index in [1.807, 2.05) is 0 Å². The second-order valence-corrected chi connectivity index (χ2v) is 12.2. The third-order valence-corrected chi connectivity index (χ3v) is 9.77. The van der Waals surface area contributed by atoms with E-state index >= 15 is 0 Å². The maximum atomic E-state index is 14.4. The van der Waals surface area contributed by atoms with E-state index in [9.17, 15) is 49.5 Å². The summed E-state index contributed by atoms with van der Waals surface area (Å²) in [6.07, 6.45) is 0.0332. The first-order valence-corrected chi connectivity index (χ1v) is 15.1. The van der Waals surface area contributed by atoms with E-state index in [1.54, 1.807) is 20.8 Å². The van der Waals surface area contributed by atoms with E-state index in [4.69, 9.17) is 4.74 Å². The molecule has 242 valence electrons. The van der Waals surface area contributed by atoms with Crippen LogP contribution in [0.5, 0.6) is 0 Å². The highest BCUT2D eigenvalue weighted by Gasteiger charge is 2.90. The van der Waals surface area contributed by atoms with Gasteiger partial charge < -0.3 is 30.3 Å². The standard InChI is InChI=1S/C31H52O11/c1-11-17(6)22(33)27(16-32)28(38,23(34)18(7)12-2)29(39,24(35)19(8)13-3)30(40,25(36)20(9)14-4)31(41,42-27)26(37)21(10)15-5/h17-21,32,38-41H,11-16H2,1-10H3/t17?,18?,19?,20?,21?,27-,28+,29-,30+,31?/m0/s1. The number of hydrogen-bond acceptors (Lipinski definition) is 11. The summed E-state index contributed by atoms with van der Waals surface area (Å²) in [6.45, 7) is 12.7. The summed E-state index contributed by atoms with van der Waals surface area (Å²) in [5.74, 6) is -16.8. The molecule has 0 radical (unpaired) electrons. The summed E-state index contributed by atoms with van der Waals surface area (Å²) in [5, 5.41) is 61.2. The summed E-state index contributed by atoms with van der Waals surface area (Å²) in [6, 6.07) is 0. The molecule has 1 rings (SSSR count). The molecule has 0 aromatic carbocycles. The first kappa shape index (κ1) is 38.1. The zero-order chi connectivity index (χ0) is 33.2. The van der Waals surface area contributed by atoms with Gasteiger partial charge in [-0.15, -0.1) is 0 Å². The van der Waals surface area contributed by atoms with Crippen LogP contribution in [0.15, 0.2) is 0 Å². The Balaban J connectivity index is 4.82. The van der Waals surface area contributed by atoms with Crippen molar-refractivity contribution in [2.45, 2.75) is 130 Å². The highest BCUT2D eigenvalue weighted by atomic mass is 16.7. The maximum Gasteiger partial charge on any atom is 0.268 e. The first-order valence-electron chi connectivity index (χ1n) is 15.1. The Labute approximate surface area is 249 Å². The summed E-state index contributed by atoms with van der Waals surface area (Å²) < 4.78 is 5.75.